The molecule has 3 aromatic rings. The fraction of sp³-hybridized carbons (Fsp3) is 0.333. The van der Waals surface area contributed by atoms with Gasteiger partial charge in [0, 0.05) is 44.8 Å². The number of amides is 1. The molecule has 0 atom stereocenters. The summed E-state index contributed by atoms with van der Waals surface area (Å²) in [5.74, 6) is 0.669. The smallest absolute Gasteiger partial charge is 0.226 e. The van der Waals surface area contributed by atoms with E-state index < -0.39 is 0 Å². The molecule has 5 heteroatoms. The number of anilines is 1. The molecule has 1 amide bonds. The van der Waals surface area contributed by atoms with Gasteiger partial charge in [0.15, 0.2) is 0 Å². The molecule has 166 valence electrons. The van der Waals surface area contributed by atoms with Gasteiger partial charge in [-0.2, -0.15) is 0 Å². The molecule has 0 unspecified atom stereocenters. The molecule has 2 heterocycles. The number of hydrogen-bond donors (Lipinski definition) is 1. The Balaban J connectivity index is 1.32. The van der Waals surface area contributed by atoms with Crippen LogP contribution in [0.5, 0.6) is 0 Å². The van der Waals surface area contributed by atoms with Crippen LogP contribution in [-0.2, 0) is 4.79 Å². The number of piperazine rings is 1. The van der Waals surface area contributed by atoms with Crippen molar-refractivity contribution in [2.45, 2.75) is 26.3 Å². The number of carbonyl (C=O) groups is 1. The molecule has 5 nitrogen and oxygen atoms in total. The van der Waals surface area contributed by atoms with Crippen molar-refractivity contribution in [1.82, 2.24) is 14.8 Å². The van der Waals surface area contributed by atoms with Gasteiger partial charge in [-0.05, 0) is 42.7 Å². The predicted octanol–water partition coefficient (Wildman–Crippen LogP) is 4.43. The summed E-state index contributed by atoms with van der Waals surface area (Å²) in [7, 11) is 0. The second-order valence-electron chi connectivity index (χ2n) is 8.57. The number of rotatable bonds is 7. The molecule has 1 fully saturated rings. The molecule has 1 aliphatic heterocycles. The minimum atomic E-state index is 0.0244. The highest BCUT2D eigenvalue weighted by atomic mass is 16.1. The monoisotopic (exact) mass is 428 g/mol. The number of pyridine rings is 1. The summed E-state index contributed by atoms with van der Waals surface area (Å²) >= 11 is 0. The van der Waals surface area contributed by atoms with E-state index in [4.69, 9.17) is 0 Å². The molecular formula is C27H32N4O. The molecule has 0 bridgehead atoms. The van der Waals surface area contributed by atoms with Crippen LogP contribution in [0.2, 0.25) is 0 Å². The van der Waals surface area contributed by atoms with Gasteiger partial charge < -0.3 is 10.2 Å². The maximum Gasteiger partial charge on any atom is 0.226 e. The number of aromatic nitrogens is 1. The van der Waals surface area contributed by atoms with Crippen LogP contribution in [0.3, 0.4) is 0 Å². The molecule has 0 aliphatic carbocycles. The van der Waals surface area contributed by atoms with E-state index in [-0.39, 0.29) is 11.9 Å². The summed E-state index contributed by atoms with van der Waals surface area (Å²) < 4.78 is 0. The van der Waals surface area contributed by atoms with Crippen molar-refractivity contribution < 1.29 is 4.79 Å². The third kappa shape index (κ3) is 5.81. The lowest BCUT2D eigenvalue weighted by Crippen LogP contribution is -2.48. The molecule has 0 saturated carbocycles. The summed E-state index contributed by atoms with van der Waals surface area (Å²) in [6.07, 6.45) is 0.482. The average Bonchev–Trinajstić information content (AvgIpc) is 2.79. The summed E-state index contributed by atoms with van der Waals surface area (Å²) in [4.78, 5) is 21.8. The Labute approximate surface area is 191 Å². The van der Waals surface area contributed by atoms with Gasteiger partial charge in [0.1, 0.15) is 5.82 Å². The first-order chi connectivity index (χ1) is 15.6. The average molecular weight is 429 g/mol. The third-order valence-electron chi connectivity index (χ3n) is 6.02. The number of aryl methyl sites for hydroxylation is 2. The Morgan fingerprint density at radius 1 is 0.906 bits per heavy atom. The minimum absolute atomic E-state index is 0.0244. The number of benzene rings is 2. The van der Waals surface area contributed by atoms with E-state index in [1.165, 1.54) is 11.1 Å². The second-order valence-corrected chi connectivity index (χ2v) is 8.57. The topological polar surface area (TPSA) is 48.5 Å². The van der Waals surface area contributed by atoms with Crippen molar-refractivity contribution >= 4 is 11.7 Å². The van der Waals surface area contributed by atoms with Gasteiger partial charge in [0.25, 0.3) is 0 Å². The first kappa shape index (κ1) is 22.2. The third-order valence-corrected chi connectivity index (χ3v) is 6.02. The molecule has 1 aromatic heterocycles. The van der Waals surface area contributed by atoms with Crippen molar-refractivity contribution in [1.29, 1.82) is 0 Å². The summed E-state index contributed by atoms with van der Waals surface area (Å²) in [5, 5.41) is 2.95. The number of carbonyl (C=O) groups excluding carboxylic acids is 1. The van der Waals surface area contributed by atoms with Crippen LogP contribution >= 0.6 is 0 Å². The molecule has 2 aromatic carbocycles. The van der Waals surface area contributed by atoms with Gasteiger partial charge in [-0.15, -0.1) is 0 Å². The van der Waals surface area contributed by atoms with Gasteiger partial charge in [-0.3, -0.25) is 9.69 Å². The molecule has 1 saturated heterocycles. The maximum absolute atomic E-state index is 12.4. The van der Waals surface area contributed by atoms with Crippen LogP contribution in [0.4, 0.5) is 5.82 Å². The van der Waals surface area contributed by atoms with Crippen molar-refractivity contribution in [2.75, 3.05) is 38.0 Å². The zero-order valence-corrected chi connectivity index (χ0v) is 19.0. The quantitative estimate of drug-likeness (QED) is 0.605. The first-order valence-electron chi connectivity index (χ1n) is 11.4. The van der Waals surface area contributed by atoms with Crippen LogP contribution in [0.1, 0.15) is 34.8 Å². The van der Waals surface area contributed by atoms with Crippen LogP contribution in [-0.4, -0.2) is 53.4 Å². The van der Waals surface area contributed by atoms with Gasteiger partial charge >= 0.3 is 0 Å². The van der Waals surface area contributed by atoms with Crippen LogP contribution in [0.15, 0.2) is 72.8 Å². The van der Waals surface area contributed by atoms with Crippen LogP contribution in [0, 0.1) is 13.8 Å². The highest BCUT2D eigenvalue weighted by Gasteiger charge is 2.26. The normalized spacial score (nSPS) is 15.1. The Hall–Kier alpha value is -3.02. The minimum Gasteiger partial charge on any atom is -0.311 e. The van der Waals surface area contributed by atoms with E-state index in [9.17, 15) is 4.79 Å². The van der Waals surface area contributed by atoms with Gasteiger partial charge in [-0.1, -0.05) is 60.7 Å². The number of nitrogens with one attached hydrogen (secondary N) is 1. The van der Waals surface area contributed by atoms with E-state index in [2.05, 4.69) is 80.8 Å². The van der Waals surface area contributed by atoms with E-state index in [0.717, 1.165) is 44.0 Å². The summed E-state index contributed by atoms with van der Waals surface area (Å²) in [6, 6.07) is 25.7. The Morgan fingerprint density at radius 3 is 2.06 bits per heavy atom. The second kappa shape index (κ2) is 10.5. The van der Waals surface area contributed by atoms with Crippen LogP contribution < -0.4 is 5.32 Å². The summed E-state index contributed by atoms with van der Waals surface area (Å²) in [5.41, 5.74) is 4.68. The van der Waals surface area contributed by atoms with Crippen molar-refractivity contribution in [3.8, 4) is 0 Å². The molecule has 32 heavy (non-hydrogen) atoms. The van der Waals surface area contributed by atoms with E-state index in [1.54, 1.807) is 0 Å². The Kier molecular flexibility index (Phi) is 7.30. The zero-order valence-electron chi connectivity index (χ0n) is 19.0. The number of nitrogens with zero attached hydrogens (tertiary/aromatic N) is 3. The SMILES string of the molecule is Cc1cc(C)nc(NC(=O)CCN2CCN(C(c3ccccc3)c3ccccc3)CC2)c1. The molecule has 1 aliphatic rings. The van der Waals surface area contributed by atoms with Gasteiger partial charge in [0.2, 0.25) is 5.91 Å². The van der Waals surface area contributed by atoms with Gasteiger partial charge in [0.05, 0.1) is 6.04 Å². The fourth-order valence-corrected chi connectivity index (χ4v) is 4.50. The highest BCUT2D eigenvalue weighted by molar-refractivity contribution is 5.89. The standard InChI is InChI=1S/C27H32N4O/c1-21-19-22(2)28-25(20-21)29-26(32)13-14-30-15-17-31(18-16-30)27(23-9-5-3-6-10-23)24-11-7-4-8-12-24/h3-12,19-20,27H,13-18H2,1-2H3,(H,28,29,32). The van der Waals surface area contributed by atoms with Gasteiger partial charge in [-0.25, -0.2) is 4.98 Å². The molecule has 4 rings (SSSR count). The van der Waals surface area contributed by atoms with Crippen molar-refractivity contribution in [3.05, 3.63) is 95.2 Å². The van der Waals surface area contributed by atoms with E-state index in [1.807, 2.05) is 26.0 Å². The molecular weight excluding hydrogens is 396 g/mol. The zero-order chi connectivity index (χ0) is 22.3. The summed E-state index contributed by atoms with van der Waals surface area (Å²) in [6.45, 7) is 8.62. The van der Waals surface area contributed by atoms with Crippen LogP contribution in [0.25, 0.3) is 0 Å². The molecule has 1 N–H and O–H groups in total. The lowest BCUT2D eigenvalue weighted by molar-refractivity contribution is -0.116. The van der Waals surface area contributed by atoms with E-state index >= 15 is 0 Å². The highest BCUT2D eigenvalue weighted by Crippen LogP contribution is 2.29. The largest absolute Gasteiger partial charge is 0.311 e. The predicted molar refractivity (Wildman–Crippen MR) is 130 cm³/mol. The number of hydrogen-bond acceptors (Lipinski definition) is 4. The molecule has 0 radical (unpaired) electrons. The van der Waals surface area contributed by atoms with E-state index in [0.29, 0.717) is 12.2 Å². The first-order valence-corrected chi connectivity index (χ1v) is 11.4. The van der Waals surface area contributed by atoms with Crippen molar-refractivity contribution in [2.24, 2.45) is 0 Å². The van der Waals surface area contributed by atoms with Crippen molar-refractivity contribution in [3.63, 3.8) is 0 Å². The Morgan fingerprint density at radius 2 is 1.50 bits per heavy atom. The maximum atomic E-state index is 12.4. The lowest BCUT2D eigenvalue weighted by Gasteiger charge is -2.39. The lowest BCUT2D eigenvalue weighted by atomic mass is 9.96. The fourth-order valence-electron chi connectivity index (χ4n) is 4.50. The molecule has 0 spiro atoms. The Bertz CT molecular complexity index is 955.